The van der Waals surface area contributed by atoms with Crippen molar-refractivity contribution in [2.75, 3.05) is 24.5 Å². The van der Waals surface area contributed by atoms with Crippen molar-refractivity contribution in [2.24, 2.45) is 0 Å². The van der Waals surface area contributed by atoms with Gasteiger partial charge in [0.1, 0.15) is 6.04 Å². The summed E-state index contributed by atoms with van der Waals surface area (Å²) in [6.45, 7) is 2.15. The number of aliphatic hydroxyl groups is 1. The average molecular weight is 233 g/mol. The zero-order valence-corrected chi connectivity index (χ0v) is 9.41. The van der Waals surface area contributed by atoms with Gasteiger partial charge in [-0.05, 0) is 12.1 Å². The van der Waals surface area contributed by atoms with E-state index in [4.69, 9.17) is 0 Å². The molecule has 5 heteroatoms. The van der Waals surface area contributed by atoms with E-state index in [0.29, 0.717) is 13.1 Å². The predicted molar refractivity (Wildman–Crippen MR) is 63.3 cm³/mol. The SMILES string of the molecule is O=C1NC(O)N2CCN(c3ccccc3)CC12. The summed E-state index contributed by atoms with van der Waals surface area (Å²) in [6.07, 6.45) is -0.814. The molecule has 90 valence electrons. The molecule has 1 amide bonds. The summed E-state index contributed by atoms with van der Waals surface area (Å²) in [6, 6.07) is 9.80. The van der Waals surface area contributed by atoms with E-state index in [2.05, 4.69) is 10.2 Å². The second kappa shape index (κ2) is 4.01. The number of carbonyl (C=O) groups is 1. The molecule has 5 nitrogen and oxygen atoms in total. The van der Waals surface area contributed by atoms with Crippen molar-refractivity contribution >= 4 is 11.6 Å². The normalized spacial score (nSPS) is 29.0. The largest absolute Gasteiger partial charge is 0.368 e. The summed E-state index contributed by atoms with van der Waals surface area (Å²) in [4.78, 5) is 15.6. The van der Waals surface area contributed by atoms with Crippen molar-refractivity contribution in [3.05, 3.63) is 30.3 Å². The smallest absolute Gasteiger partial charge is 0.242 e. The molecule has 2 aliphatic heterocycles. The average Bonchev–Trinajstić information content (AvgIpc) is 2.66. The molecule has 0 bridgehead atoms. The molecule has 2 heterocycles. The number of hydrogen-bond acceptors (Lipinski definition) is 4. The molecular formula is C12H15N3O2. The van der Waals surface area contributed by atoms with E-state index in [1.165, 1.54) is 0 Å². The van der Waals surface area contributed by atoms with Gasteiger partial charge >= 0.3 is 0 Å². The zero-order chi connectivity index (χ0) is 11.8. The van der Waals surface area contributed by atoms with Crippen LogP contribution in [0.4, 0.5) is 5.69 Å². The van der Waals surface area contributed by atoms with Gasteiger partial charge in [0.2, 0.25) is 5.91 Å². The molecule has 2 aliphatic rings. The number of hydrogen-bond donors (Lipinski definition) is 2. The molecule has 1 aromatic rings. The highest BCUT2D eigenvalue weighted by Crippen LogP contribution is 2.22. The Morgan fingerprint density at radius 2 is 2.00 bits per heavy atom. The molecule has 17 heavy (non-hydrogen) atoms. The topological polar surface area (TPSA) is 55.8 Å². The van der Waals surface area contributed by atoms with Crippen LogP contribution in [0, 0.1) is 0 Å². The first-order valence-corrected chi connectivity index (χ1v) is 5.80. The highest BCUT2D eigenvalue weighted by molar-refractivity contribution is 5.85. The first-order valence-electron chi connectivity index (χ1n) is 5.80. The lowest BCUT2D eigenvalue weighted by atomic mass is 10.1. The molecular weight excluding hydrogens is 218 g/mol. The number of benzene rings is 1. The Bertz CT molecular complexity index is 423. The van der Waals surface area contributed by atoms with Gasteiger partial charge in [0.05, 0.1) is 0 Å². The number of nitrogens with one attached hydrogen (secondary N) is 1. The summed E-state index contributed by atoms with van der Waals surface area (Å²) in [7, 11) is 0. The van der Waals surface area contributed by atoms with E-state index >= 15 is 0 Å². The van der Waals surface area contributed by atoms with Crippen LogP contribution in [0.5, 0.6) is 0 Å². The van der Waals surface area contributed by atoms with Gasteiger partial charge in [-0.1, -0.05) is 18.2 Å². The third kappa shape index (κ3) is 1.77. The Balaban J connectivity index is 1.78. The minimum absolute atomic E-state index is 0.0851. The summed E-state index contributed by atoms with van der Waals surface area (Å²) in [5, 5.41) is 12.2. The molecule has 0 saturated carbocycles. The highest BCUT2D eigenvalue weighted by atomic mass is 16.3. The van der Waals surface area contributed by atoms with Gasteiger partial charge in [-0.25, -0.2) is 4.90 Å². The molecule has 0 aliphatic carbocycles. The Hall–Kier alpha value is -1.59. The number of fused-ring (bicyclic) bond motifs is 1. The number of aliphatic hydroxyl groups excluding tert-OH is 1. The molecule has 2 N–H and O–H groups in total. The molecule has 1 aromatic carbocycles. The number of nitrogens with zero attached hydrogens (tertiary/aromatic N) is 2. The van der Waals surface area contributed by atoms with Crippen LogP contribution in [0.3, 0.4) is 0 Å². The Morgan fingerprint density at radius 3 is 2.76 bits per heavy atom. The third-order valence-electron chi connectivity index (χ3n) is 3.43. The van der Waals surface area contributed by atoms with E-state index in [1.807, 2.05) is 35.2 Å². The maximum atomic E-state index is 11.7. The molecule has 2 saturated heterocycles. The maximum Gasteiger partial charge on any atom is 0.242 e. The summed E-state index contributed by atoms with van der Waals surface area (Å²) in [5.74, 6) is -0.0851. The van der Waals surface area contributed by atoms with Gasteiger partial charge in [0.15, 0.2) is 6.35 Å². The number of piperazine rings is 1. The predicted octanol–water partition coefficient (Wildman–Crippen LogP) is -0.417. The van der Waals surface area contributed by atoms with Crippen molar-refractivity contribution in [1.82, 2.24) is 10.2 Å². The van der Waals surface area contributed by atoms with Crippen LogP contribution in [0.15, 0.2) is 30.3 Å². The number of carbonyl (C=O) groups excluding carboxylic acids is 1. The quantitative estimate of drug-likeness (QED) is 0.692. The summed E-state index contributed by atoms with van der Waals surface area (Å²) >= 11 is 0. The monoisotopic (exact) mass is 233 g/mol. The number of amides is 1. The first-order chi connectivity index (χ1) is 8.25. The van der Waals surface area contributed by atoms with Crippen molar-refractivity contribution in [3.63, 3.8) is 0 Å². The Morgan fingerprint density at radius 1 is 1.24 bits per heavy atom. The number of anilines is 1. The maximum absolute atomic E-state index is 11.7. The molecule has 0 spiro atoms. The molecule has 3 rings (SSSR count). The van der Waals surface area contributed by atoms with Gasteiger partial charge < -0.3 is 15.3 Å². The summed E-state index contributed by atoms with van der Waals surface area (Å²) < 4.78 is 0. The van der Waals surface area contributed by atoms with E-state index in [0.717, 1.165) is 12.2 Å². The van der Waals surface area contributed by atoms with E-state index in [9.17, 15) is 9.90 Å². The Labute approximate surface area is 99.6 Å². The van der Waals surface area contributed by atoms with Crippen LogP contribution in [0.2, 0.25) is 0 Å². The fourth-order valence-corrected chi connectivity index (χ4v) is 2.50. The van der Waals surface area contributed by atoms with Crippen molar-refractivity contribution in [3.8, 4) is 0 Å². The van der Waals surface area contributed by atoms with Crippen molar-refractivity contribution in [2.45, 2.75) is 12.4 Å². The lowest BCUT2D eigenvalue weighted by Crippen LogP contribution is -2.54. The van der Waals surface area contributed by atoms with Crippen LogP contribution in [-0.4, -0.2) is 47.9 Å². The van der Waals surface area contributed by atoms with Crippen LogP contribution >= 0.6 is 0 Å². The molecule has 2 unspecified atom stereocenters. The number of para-hydroxylation sites is 1. The highest BCUT2D eigenvalue weighted by Gasteiger charge is 2.42. The lowest BCUT2D eigenvalue weighted by Gasteiger charge is -2.37. The molecule has 0 radical (unpaired) electrons. The van der Waals surface area contributed by atoms with Crippen molar-refractivity contribution in [1.29, 1.82) is 0 Å². The minimum Gasteiger partial charge on any atom is -0.368 e. The van der Waals surface area contributed by atoms with Gasteiger partial charge in [0, 0.05) is 25.3 Å². The fourth-order valence-electron chi connectivity index (χ4n) is 2.50. The van der Waals surface area contributed by atoms with Crippen LogP contribution in [0.1, 0.15) is 0 Å². The Kier molecular flexibility index (Phi) is 2.49. The van der Waals surface area contributed by atoms with Gasteiger partial charge in [-0.15, -0.1) is 0 Å². The van der Waals surface area contributed by atoms with E-state index in [1.54, 1.807) is 0 Å². The molecule has 0 aromatic heterocycles. The molecule has 2 atom stereocenters. The second-order valence-electron chi connectivity index (χ2n) is 4.42. The van der Waals surface area contributed by atoms with Crippen LogP contribution < -0.4 is 10.2 Å². The third-order valence-corrected chi connectivity index (χ3v) is 3.43. The standard InChI is InChI=1S/C12H15N3O2/c16-11-10-8-14(9-4-2-1-3-5-9)6-7-15(10)12(17)13-11/h1-5,10,12,17H,6-8H2,(H,13,16). The lowest BCUT2D eigenvalue weighted by molar-refractivity contribution is -0.121. The fraction of sp³-hybridized carbons (Fsp3) is 0.417. The van der Waals surface area contributed by atoms with Gasteiger partial charge in [-0.3, -0.25) is 4.79 Å². The zero-order valence-electron chi connectivity index (χ0n) is 9.41. The van der Waals surface area contributed by atoms with Gasteiger partial charge in [-0.2, -0.15) is 0 Å². The van der Waals surface area contributed by atoms with Crippen LogP contribution in [-0.2, 0) is 4.79 Å². The van der Waals surface area contributed by atoms with E-state index < -0.39 is 6.35 Å². The van der Waals surface area contributed by atoms with Crippen LogP contribution in [0.25, 0.3) is 0 Å². The van der Waals surface area contributed by atoms with Gasteiger partial charge in [0.25, 0.3) is 0 Å². The minimum atomic E-state index is -0.814. The van der Waals surface area contributed by atoms with E-state index in [-0.39, 0.29) is 11.9 Å². The van der Waals surface area contributed by atoms with Crippen molar-refractivity contribution < 1.29 is 9.90 Å². The summed E-state index contributed by atoms with van der Waals surface area (Å²) in [5.41, 5.74) is 1.13. The number of rotatable bonds is 1. The second-order valence-corrected chi connectivity index (χ2v) is 4.42. The first kappa shape index (κ1) is 10.6. The molecule has 2 fully saturated rings.